The van der Waals surface area contributed by atoms with Crippen LogP contribution in [0.3, 0.4) is 0 Å². The molecule has 1 N–H and O–H groups in total. The molecule has 0 bridgehead atoms. The lowest BCUT2D eigenvalue weighted by molar-refractivity contribution is -0.116. The summed E-state index contributed by atoms with van der Waals surface area (Å²) in [4.78, 5) is 29.6. The van der Waals surface area contributed by atoms with Gasteiger partial charge < -0.3 is 19.7 Å². The van der Waals surface area contributed by atoms with E-state index in [1.54, 1.807) is 6.07 Å². The Hall–Kier alpha value is -3.06. The molecule has 2 heterocycles. The third-order valence-electron chi connectivity index (χ3n) is 6.08. The number of anilines is 1. The van der Waals surface area contributed by atoms with Crippen molar-refractivity contribution in [1.82, 2.24) is 9.80 Å². The zero-order valence-corrected chi connectivity index (χ0v) is 18.6. The zero-order chi connectivity index (χ0) is 22.3. The fourth-order valence-electron chi connectivity index (χ4n) is 4.40. The summed E-state index contributed by atoms with van der Waals surface area (Å²) in [6.45, 7) is 5.54. The number of benzene rings is 2. The van der Waals surface area contributed by atoms with Gasteiger partial charge in [0, 0.05) is 49.4 Å². The molecule has 2 aliphatic heterocycles. The highest BCUT2D eigenvalue weighted by atomic mass is 16.7. The molecule has 2 aliphatic rings. The van der Waals surface area contributed by atoms with Crippen molar-refractivity contribution in [1.29, 1.82) is 0 Å². The van der Waals surface area contributed by atoms with Crippen molar-refractivity contribution in [2.75, 3.05) is 38.3 Å². The van der Waals surface area contributed by atoms with Crippen LogP contribution in [-0.2, 0) is 4.79 Å². The number of ether oxygens (including phenoxy) is 2. The van der Waals surface area contributed by atoms with E-state index in [0.717, 1.165) is 44.5 Å². The molecule has 0 aliphatic carbocycles. The van der Waals surface area contributed by atoms with Gasteiger partial charge in [-0.2, -0.15) is 0 Å². The molecule has 170 valence electrons. The monoisotopic (exact) mass is 437 g/mol. The molecule has 0 spiro atoms. The van der Waals surface area contributed by atoms with E-state index in [1.807, 2.05) is 47.4 Å². The van der Waals surface area contributed by atoms with Gasteiger partial charge in [0.25, 0.3) is 5.91 Å². The number of piperidine rings is 1. The predicted molar refractivity (Wildman–Crippen MR) is 123 cm³/mol. The second-order valence-electron chi connectivity index (χ2n) is 8.29. The Morgan fingerprint density at radius 1 is 1.03 bits per heavy atom. The highest BCUT2D eigenvalue weighted by Gasteiger charge is 2.27. The number of nitrogens with one attached hydrogen (secondary N) is 1. The first-order valence-corrected chi connectivity index (χ1v) is 11.4. The van der Waals surface area contributed by atoms with Gasteiger partial charge in [-0.1, -0.05) is 25.1 Å². The first-order valence-electron chi connectivity index (χ1n) is 11.4. The number of carbonyl (C=O) groups excluding carboxylic acids is 2. The van der Waals surface area contributed by atoms with Gasteiger partial charge in [0.2, 0.25) is 12.7 Å². The van der Waals surface area contributed by atoms with Crippen LogP contribution >= 0.6 is 0 Å². The minimum absolute atomic E-state index is 0.0124. The molecule has 7 heteroatoms. The lowest BCUT2D eigenvalue weighted by Crippen LogP contribution is -2.47. The fraction of sp³-hybridized carbons (Fsp3) is 0.440. The summed E-state index contributed by atoms with van der Waals surface area (Å²) >= 11 is 0. The third-order valence-corrected chi connectivity index (χ3v) is 6.08. The van der Waals surface area contributed by atoms with Gasteiger partial charge in [-0.25, -0.2) is 0 Å². The first kappa shape index (κ1) is 22.1. The third kappa shape index (κ3) is 5.40. The van der Waals surface area contributed by atoms with Gasteiger partial charge in [0.1, 0.15) is 0 Å². The summed E-state index contributed by atoms with van der Waals surface area (Å²) in [5.41, 5.74) is 1.46. The molecule has 4 rings (SSSR count). The van der Waals surface area contributed by atoms with Crippen LogP contribution in [0.5, 0.6) is 11.5 Å². The van der Waals surface area contributed by atoms with E-state index in [4.69, 9.17) is 9.47 Å². The number of likely N-dealkylation sites (tertiary alicyclic amines) is 1. The maximum Gasteiger partial charge on any atom is 0.253 e. The number of nitrogens with zero attached hydrogens (tertiary/aromatic N) is 2. The fourth-order valence-corrected chi connectivity index (χ4v) is 4.40. The highest BCUT2D eigenvalue weighted by molar-refractivity contribution is 5.94. The molecule has 1 fully saturated rings. The minimum Gasteiger partial charge on any atom is -0.454 e. The summed E-state index contributed by atoms with van der Waals surface area (Å²) in [6.07, 6.45) is 3.33. The van der Waals surface area contributed by atoms with Crippen LogP contribution in [0.1, 0.15) is 43.0 Å². The lowest BCUT2D eigenvalue weighted by atomic mass is 10.0. The Bertz CT molecular complexity index is 926. The van der Waals surface area contributed by atoms with Gasteiger partial charge >= 0.3 is 0 Å². The Kier molecular flexibility index (Phi) is 7.27. The molecule has 0 unspecified atom stereocenters. The van der Waals surface area contributed by atoms with E-state index in [-0.39, 0.29) is 18.6 Å². The molecule has 0 aromatic heterocycles. The first-order chi connectivity index (χ1) is 15.6. The van der Waals surface area contributed by atoms with Crippen molar-refractivity contribution in [3.8, 4) is 11.5 Å². The van der Waals surface area contributed by atoms with E-state index in [9.17, 15) is 9.59 Å². The van der Waals surface area contributed by atoms with E-state index < -0.39 is 0 Å². The highest BCUT2D eigenvalue weighted by Crippen LogP contribution is 2.34. The Balaban J connectivity index is 1.26. The van der Waals surface area contributed by atoms with Crippen LogP contribution < -0.4 is 14.8 Å². The predicted octanol–water partition coefficient (Wildman–Crippen LogP) is 3.76. The number of hydrogen-bond donors (Lipinski definition) is 1. The summed E-state index contributed by atoms with van der Waals surface area (Å²) in [5, 5.41) is 2.96. The largest absolute Gasteiger partial charge is 0.454 e. The standard InChI is InChI=1S/C25H31N3O4/c1-2-13-27(16-12-24(29)26-20-8-9-22-23(17-20)32-18-31-22)21-10-14-28(15-11-21)25(30)19-6-4-3-5-7-19/h3-9,17,21H,2,10-16,18H2,1H3,(H,26,29). The van der Waals surface area contributed by atoms with Crippen molar-refractivity contribution < 1.29 is 19.1 Å². The number of fused-ring (bicyclic) bond motifs is 1. The maximum absolute atomic E-state index is 12.7. The lowest BCUT2D eigenvalue weighted by Gasteiger charge is -2.38. The average molecular weight is 438 g/mol. The van der Waals surface area contributed by atoms with E-state index in [0.29, 0.717) is 36.2 Å². The van der Waals surface area contributed by atoms with Gasteiger partial charge in [-0.05, 0) is 50.1 Å². The van der Waals surface area contributed by atoms with E-state index in [1.165, 1.54) is 0 Å². The number of hydrogen-bond acceptors (Lipinski definition) is 5. The number of carbonyl (C=O) groups is 2. The second-order valence-corrected chi connectivity index (χ2v) is 8.29. The van der Waals surface area contributed by atoms with E-state index in [2.05, 4.69) is 17.1 Å². The van der Waals surface area contributed by atoms with Crippen molar-refractivity contribution in [3.63, 3.8) is 0 Å². The Morgan fingerprint density at radius 3 is 2.53 bits per heavy atom. The summed E-state index contributed by atoms with van der Waals surface area (Å²) in [5.74, 6) is 1.46. The van der Waals surface area contributed by atoms with Crippen molar-refractivity contribution >= 4 is 17.5 Å². The topological polar surface area (TPSA) is 71.1 Å². The van der Waals surface area contributed by atoms with Gasteiger partial charge in [-0.15, -0.1) is 0 Å². The normalized spacial score (nSPS) is 15.8. The Labute approximate surface area is 189 Å². The molecule has 0 saturated carbocycles. The smallest absolute Gasteiger partial charge is 0.253 e. The quantitative estimate of drug-likeness (QED) is 0.681. The molecule has 7 nitrogen and oxygen atoms in total. The van der Waals surface area contributed by atoms with Crippen LogP contribution in [0.4, 0.5) is 5.69 Å². The van der Waals surface area contributed by atoms with Crippen molar-refractivity contribution in [2.45, 2.75) is 38.6 Å². The molecule has 1 saturated heterocycles. The maximum atomic E-state index is 12.7. The summed E-state index contributed by atoms with van der Waals surface area (Å²) < 4.78 is 10.7. The van der Waals surface area contributed by atoms with Crippen LogP contribution in [0.2, 0.25) is 0 Å². The van der Waals surface area contributed by atoms with Crippen LogP contribution in [-0.4, -0.2) is 60.6 Å². The molecule has 2 amide bonds. The van der Waals surface area contributed by atoms with Gasteiger partial charge in [0.05, 0.1) is 0 Å². The number of rotatable bonds is 8. The molecule has 2 aromatic rings. The number of amides is 2. The Morgan fingerprint density at radius 2 is 1.78 bits per heavy atom. The van der Waals surface area contributed by atoms with E-state index >= 15 is 0 Å². The van der Waals surface area contributed by atoms with Crippen molar-refractivity contribution in [3.05, 3.63) is 54.1 Å². The van der Waals surface area contributed by atoms with Gasteiger partial charge in [0.15, 0.2) is 11.5 Å². The second kappa shape index (κ2) is 10.5. The molecule has 32 heavy (non-hydrogen) atoms. The van der Waals surface area contributed by atoms with Crippen LogP contribution in [0.15, 0.2) is 48.5 Å². The molecule has 0 radical (unpaired) electrons. The molecular weight excluding hydrogens is 406 g/mol. The van der Waals surface area contributed by atoms with Crippen LogP contribution in [0, 0.1) is 0 Å². The summed E-state index contributed by atoms with van der Waals surface area (Å²) in [6, 6.07) is 15.3. The molecular formula is C25H31N3O4. The SMILES string of the molecule is CCCN(CCC(=O)Nc1ccc2c(c1)OCO2)C1CCN(C(=O)c2ccccc2)CC1. The minimum atomic E-state index is -0.0124. The average Bonchev–Trinajstić information content (AvgIpc) is 3.30. The van der Waals surface area contributed by atoms with Crippen LogP contribution in [0.25, 0.3) is 0 Å². The zero-order valence-electron chi connectivity index (χ0n) is 18.6. The molecule has 2 aromatic carbocycles. The van der Waals surface area contributed by atoms with Crippen molar-refractivity contribution in [2.24, 2.45) is 0 Å². The molecule has 0 atom stereocenters. The summed E-state index contributed by atoms with van der Waals surface area (Å²) in [7, 11) is 0. The van der Waals surface area contributed by atoms with Gasteiger partial charge in [-0.3, -0.25) is 14.5 Å².